The Morgan fingerprint density at radius 3 is 2.68 bits per heavy atom. The third-order valence-corrected chi connectivity index (χ3v) is 3.44. The number of rotatable bonds is 4. The summed E-state index contributed by atoms with van der Waals surface area (Å²) in [6, 6.07) is 8.11. The zero-order valence-electron chi connectivity index (χ0n) is 11.4. The van der Waals surface area contributed by atoms with Crippen LogP contribution in [0.4, 0.5) is 0 Å². The highest BCUT2D eigenvalue weighted by Gasteiger charge is 2.15. The lowest BCUT2D eigenvalue weighted by Crippen LogP contribution is -2.23. The Hall–Kier alpha value is -1.45. The summed E-state index contributed by atoms with van der Waals surface area (Å²) in [7, 11) is 0. The maximum absolute atomic E-state index is 6.22. The van der Waals surface area contributed by atoms with Gasteiger partial charge in [0, 0.05) is 11.2 Å². The first-order chi connectivity index (χ1) is 9.11. The second-order valence-electron chi connectivity index (χ2n) is 4.53. The van der Waals surface area contributed by atoms with Crippen LogP contribution in [0.1, 0.15) is 35.6 Å². The maximum atomic E-state index is 6.22. The molecule has 2 rings (SSSR count). The van der Waals surface area contributed by atoms with Gasteiger partial charge in [-0.1, -0.05) is 30.7 Å². The molecule has 1 N–H and O–H groups in total. The van der Waals surface area contributed by atoms with Gasteiger partial charge in [0.1, 0.15) is 5.82 Å². The van der Waals surface area contributed by atoms with Gasteiger partial charge in [-0.25, -0.2) is 9.97 Å². The van der Waals surface area contributed by atoms with Crippen molar-refractivity contribution in [3.05, 3.63) is 58.1 Å². The lowest BCUT2D eigenvalue weighted by atomic mass is 10.0. The number of aromatic nitrogens is 2. The van der Waals surface area contributed by atoms with E-state index in [1.807, 2.05) is 32.0 Å². The summed E-state index contributed by atoms with van der Waals surface area (Å²) in [5.74, 6) is 0.776. The topological polar surface area (TPSA) is 37.8 Å². The molecule has 0 aliphatic rings. The fourth-order valence-corrected chi connectivity index (χ4v) is 2.21. The molecule has 4 heteroatoms. The second-order valence-corrected chi connectivity index (χ2v) is 4.94. The highest BCUT2D eigenvalue weighted by molar-refractivity contribution is 6.31. The molecule has 0 amide bonds. The molecule has 1 aromatic heterocycles. The number of nitrogens with one attached hydrogen (secondary N) is 1. The fraction of sp³-hybridized carbons (Fsp3) is 0.333. The molecule has 3 nitrogen and oxygen atoms in total. The third kappa shape index (κ3) is 3.31. The first kappa shape index (κ1) is 14.0. The van der Waals surface area contributed by atoms with Crippen LogP contribution in [0.5, 0.6) is 0 Å². The zero-order chi connectivity index (χ0) is 13.8. The molecule has 1 aromatic carbocycles. The summed E-state index contributed by atoms with van der Waals surface area (Å²) in [4.78, 5) is 8.65. The fourth-order valence-electron chi connectivity index (χ4n) is 2.02. The molecule has 1 heterocycles. The Labute approximate surface area is 119 Å². The van der Waals surface area contributed by atoms with E-state index in [-0.39, 0.29) is 6.04 Å². The number of hydrogen-bond acceptors (Lipinski definition) is 3. The third-order valence-electron chi connectivity index (χ3n) is 3.03. The van der Waals surface area contributed by atoms with Crippen molar-refractivity contribution in [1.29, 1.82) is 0 Å². The summed E-state index contributed by atoms with van der Waals surface area (Å²) >= 11 is 6.22. The van der Waals surface area contributed by atoms with Crippen molar-refractivity contribution in [3.63, 3.8) is 0 Å². The van der Waals surface area contributed by atoms with E-state index in [1.54, 1.807) is 6.20 Å². The maximum Gasteiger partial charge on any atom is 0.125 e. The van der Waals surface area contributed by atoms with Crippen molar-refractivity contribution in [2.24, 2.45) is 0 Å². The smallest absolute Gasteiger partial charge is 0.125 e. The van der Waals surface area contributed by atoms with E-state index < -0.39 is 0 Å². The van der Waals surface area contributed by atoms with Gasteiger partial charge in [0.2, 0.25) is 0 Å². The van der Waals surface area contributed by atoms with Crippen LogP contribution in [-0.4, -0.2) is 16.5 Å². The van der Waals surface area contributed by atoms with Gasteiger partial charge < -0.3 is 5.32 Å². The molecule has 100 valence electrons. The van der Waals surface area contributed by atoms with Crippen LogP contribution in [0.25, 0.3) is 0 Å². The minimum Gasteiger partial charge on any atom is -0.305 e. The van der Waals surface area contributed by atoms with Crippen molar-refractivity contribution < 1.29 is 0 Å². The molecule has 0 radical (unpaired) electrons. The number of benzene rings is 1. The van der Waals surface area contributed by atoms with Crippen LogP contribution < -0.4 is 5.32 Å². The summed E-state index contributed by atoms with van der Waals surface area (Å²) in [5, 5.41) is 4.22. The van der Waals surface area contributed by atoms with Crippen LogP contribution in [0.3, 0.4) is 0 Å². The van der Waals surface area contributed by atoms with Crippen LogP contribution in [0, 0.1) is 13.8 Å². The molecule has 1 unspecified atom stereocenters. The van der Waals surface area contributed by atoms with Crippen molar-refractivity contribution in [2.75, 3.05) is 6.54 Å². The molecule has 0 saturated heterocycles. The average Bonchev–Trinajstić information content (AvgIpc) is 2.39. The van der Waals surface area contributed by atoms with Gasteiger partial charge in [-0.15, -0.1) is 0 Å². The molecule has 0 aliphatic carbocycles. The van der Waals surface area contributed by atoms with Crippen molar-refractivity contribution in [2.45, 2.75) is 26.8 Å². The molecule has 0 saturated carbocycles. The number of hydrogen-bond donors (Lipinski definition) is 1. The van der Waals surface area contributed by atoms with Crippen LogP contribution in [-0.2, 0) is 0 Å². The predicted molar refractivity (Wildman–Crippen MR) is 78.5 cm³/mol. The summed E-state index contributed by atoms with van der Waals surface area (Å²) in [5.41, 5.74) is 3.17. The van der Waals surface area contributed by atoms with E-state index in [2.05, 4.69) is 28.3 Å². The van der Waals surface area contributed by atoms with Crippen LogP contribution >= 0.6 is 11.6 Å². The normalized spacial score (nSPS) is 12.4. The second kappa shape index (κ2) is 6.13. The minimum atomic E-state index is 0.0461. The van der Waals surface area contributed by atoms with Gasteiger partial charge in [0.25, 0.3) is 0 Å². The molecule has 0 aliphatic heterocycles. The minimum absolute atomic E-state index is 0.0461. The first-order valence-electron chi connectivity index (χ1n) is 6.40. The van der Waals surface area contributed by atoms with Crippen LogP contribution in [0.15, 0.2) is 30.5 Å². The lowest BCUT2D eigenvalue weighted by Gasteiger charge is -2.18. The van der Waals surface area contributed by atoms with Gasteiger partial charge in [-0.2, -0.15) is 0 Å². The van der Waals surface area contributed by atoms with E-state index in [9.17, 15) is 0 Å². The first-order valence-corrected chi connectivity index (χ1v) is 6.78. The van der Waals surface area contributed by atoms with Crippen molar-refractivity contribution in [1.82, 2.24) is 15.3 Å². The number of aryl methyl sites for hydroxylation is 2. The molecule has 1 atom stereocenters. The summed E-state index contributed by atoms with van der Waals surface area (Å²) in [6.45, 7) is 6.84. The summed E-state index contributed by atoms with van der Waals surface area (Å²) in [6.07, 6.45) is 1.79. The SMILES string of the molecule is CCNC(c1ccc(C)c(Cl)c1)c1ccnc(C)n1. The summed E-state index contributed by atoms with van der Waals surface area (Å²) < 4.78 is 0. The zero-order valence-corrected chi connectivity index (χ0v) is 12.2. The van der Waals surface area contributed by atoms with Gasteiger partial charge in [0.15, 0.2) is 0 Å². The Bertz CT molecular complexity index is 569. The van der Waals surface area contributed by atoms with E-state index in [0.29, 0.717) is 0 Å². The van der Waals surface area contributed by atoms with Gasteiger partial charge in [-0.3, -0.25) is 0 Å². The molecule has 2 aromatic rings. The van der Waals surface area contributed by atoms with E-state index in [1.165, 1.54) is 0 Å². The highest BCUT2D eigenvalue weighted by atomic mass is 35.5. The predicted octanol–water partition coefficient (Wildman–Crippen LogP) is 3.45. The van der Waals surface area contributed by atoms with Crippen LogP contribution in [0.2, 0.25) is 5.02 Å². The number of nitrogens with zero attached hydrogens (tertiary/aromatic N) is 2. The van der Waals surface area contributed by atoms with E-state index >= 15 is 0 Å². The molecule has 0 bridgehead atoms. The van der Waals surface area contributed by atoms with E-state index in [4.69, 9.17) is 11.6 Å². The number of halogens is 1. The molecule has 0 fully saturated rings. The Morgan fingerprint density at radius 2 is 2.05 bits per heavy atom. The Balaban J connectivity index is 2.42. The van der Waals surface area contributed by atoms with Gasteiger partial charge in [-0.05, 0) is 43.7 Å². The standard InChI is InChI=1S/C15H18ClN3/c1-4-17-15(14-7-8-18-11(3)19-14)12-6-5-10(2)13(16)9-12/h5-9,15,17H,4H2,1-3H3. The molecule has 19 heavy (non-hydrogen) atoms. The van der Waals surface area contributed by atoms with Crippen molar-refractivity contribution in [3.8, 4) is 0 Å². The van der Waals surface area contributed by atoms with Crippen molar-refractivity contribution >= 4 is 11.6 Å². The largest absolute Gasteiger partial charge is 0.305 e. The quantitative estimate of drug-likeness (QED) is 0.929. The lowest BCUT2D eigenvalue weighted by molar-refractivity contribution is 0.611. The highest BCUT2D eigenvalue weighted by Crippen LogP contribution is 2.25. The molecular weight excluding hydrogens is 258 g/mol. The molecular formula is C15H18ClN3. The average molecular weight is 276 g/mol. The Morgan fingerprint density at radius 1 is 1.26 bits per heavy atom. The van der Waals surface area contributed by atoms with E-state index in [0.717, 1.165) is 34.2 Å². The Kier molecular flexibility index (Phi) is 4.51. The van der Waals surface area contributed by atoms with Gasteiger partial charge >= 0.3 is 0 Å². The monoisotopic (exact) mass is 275 g/mol. The van der Waals surface area contributed by atoms with Gasteiger partial charge in [0.05, 0.1) is 11.7 Å². The molecule has 0 spiro atoms.